The molecule has 0 aliphatic rings. The van der Waals surface area contributed by atoms with Crippen molar-refractivity contribution in [1.82, 2.24) is 4.90 Å². The fourth-order valence-corrected chi connectivity index (χ4v) is 3.16. The van der Waals surface area contributed by atoms with Crippen molar-refractivity contribution < 1.29 is 9.59 Å². The highest BCUT2D eigenvalue weighted by atomic mass is 32.1. The van der Waals surface area contributed by atoms with E-state index in [1.54, 1.807) is 54.6 Å². The number of hydrogen-bond acceptors (Lipinski definition) is 4. The maximum absolute atomic E-state index is 13.1. The van der Waals surface area contributed by atoms with Crippen molar-refractivity contribution in [3.63, 3.8) is 0 Å². The van der Waals surface area contributed by atoms with E-state index in [-0.39, 0.29) is 17.8 Å². The van der Waals surface area contributed by atoms with E-state index in [0.29, 0.717) is 5.56 Å². The van der Waals surface area contributed by atoms with Crippen LogP contribution in [-0.2, 0) is 6.54 Å². The largest absolute Gasteiger partial charge is 0.269 e. The van der Waals surface area contributed by atoms with Crippen LogP contribution in [0.3, 0.4) is 0 Å². The van der Waals surface area contributed by atoms with E-state index in [9.17, 15) is 9.59 Å². The summed E-state index contributed by atoms with van der Waals surface area (Å²) >= 11 is 1.46. The molecule has 0 spiro atoms. The van der Waals surface area contributed by atoms with Crippen molar-refractivity contribution in [2.75, 3.05) is 0 Å². The number of amides is 2. The van der Waals surface area contributed by atoms with Gasteiger partial charge in [-0.25, -0.2) is 0 Å². The summed E-state index contributed by atoms with van der Waals surface area (Å²) in [7, 11) is 0. The van der Waals surface area contributed by atoms with Gasteiger partial charge in [-0.15, -0.1) is 11.3 Å². The summed E-state index contributed by atoms with van der Waals surface area (Å²) in [6, 6.07) is 18.8. The van der Waals surface area contributed by atoms with Gasteiger partial charge in [-0.1, -0.05) is 47.6 Å². The summed E-state index contributed by atoms with van der Waals surface area (Å²) in [6.07, 6.45) is 0. The maximum Gasteiger partial charge on any atom is 0.261 e. The summed E-state index contributed by atoms with van der Waals surface area (Å²) < 4.78 is 0. The minimum atomic E-state index is -0.504. The monoisotopic (exact) mass is 362 g/mol. The van der Waals surface area contributed by atoms with E-state index >= 15 is 0 Å². The van der Waals surface area contributed by atoms with Crippen molar-refractivity contribution in [3.8, 4) is 0 Å². The molecule has 0 aliphatic heterocycles. The van der Waals surface area contributed by atoms with Gasteiger partial charge in [-0.2, -0.15) is 0 Å². The summed E-state index contributed by atoms with van der Waals surface area (Å²) in [5.41, 5.74) is 9.52. The second-order valence-corrected chi connectivity index (χ2v) is 6.38. The Labute approximate surface area is 153 Å². The quantitative estimate of drug-likeness (QED) is 0.271. The number of hydrogen-bond donors (Lipinski definition) is 0. The van der Waals surface area contributed by atoms with Crippen LogP contribution in [0.1, 0.15) is 25.6 Å². The Balaban J connectivity index is 2.01. The molecule has 128 valence electrons. The van der Waals surface area contributed by atoms with Gasteiger partial charge in [0.2, 0.25) is 0 Å². The number of rotatable bonds is 5. The SMILES string of the molecule is [N-]=[N+]=Nc1ccccc1C(=O)N(Cc1cccs1)C(=O)c1ccccc1. The van der Waals surface area contributed by atoms with Crippen LogP contribution in [0.4, 0.5) is 5.69 Å². The molecule has 0 N–H and O–H groups in total. The lowest BCUT2D eigenvalue weighted by molar-refractivity contribution is 0.0606. The molecule has 0 saturated heterocycles. The zero-order valence-corrected chi connectivity index (χ0v) is 14.5. The average molecular weight is 362 g/mol. The van der Waals surface area contributed by atoms with Gasteiger partial charge in [-0.05, 0) is 35.2 Å². The highest BCUT2D eigenvalue weighted by Gasteiger charge is 2.26. The van der Waals surface area contributed by atoms with Gasteiger partial charge in [0, 0.05) is 20.9 Å². The van der Waals surface area contributed by atoms with Gasteiger partial charge in [0.05, 0.1) is 12.2 Å². The van der Waals surface area contributed by atoms with Crippen LogP contribution in [0.5, 0.6) is 0 Å². The second kappa shape index (κ2) is 8.11. The van der Waals surface area contributed by atoms with Gasteiger partial charge in [-0.3, -0.25) is 14.5 Å². The molecule has 0 saturated carbocycles. The summed E-state index contributed by atoms with van der Waals surface area (Å²) in [6.45, 7) is 0.148. The fourth-order valence-electron chi connectivity index (χ4n) is 2.47. The van der Waals surface area contributed by atoms with E-state index < -0.39 is 11.8 Å². The third-order valence-corrected chi connectivity index (χ3v) is 4.55. The normalized spacial score (nSPS) is 10.0. The third kappa shape index (κ3) is 3.80. The summed E-state index contributed by atoms with van der Waals surface area (Å²) in [5, 5.41) is 5.45. The van der Waals surface area contributed by atoms with Gasteiger partial charge < -0.3 is 0 Å². The van der Waals surface area contributed by atoms with Crippen molar-refractivity contribution in [2.24, 2.45) is 5.11 Å². The Morgan fingerprint density at radius 1 is 0.962 bits per heavy atom. The molecule has 0 atom stereocenters. The molecule has 1 aromatic heterocycles. The number of azide groups is 1. The molecule has 0 bridgehead atoms. The molecule has 2 amide bonds. The third-order valence-electron chi connectivity index (χ3n) is 3.69. The van der Waals surface area contributed by atoms with Gasteiger partial charge >= 0.3 is 0 Å². The van der Waals surface area contributed by atoms with Crippen molar-refractivity contribution in [3.05, 3.63) is 98.6 Å². The molecule has 3 rings (SSSR count). The number of thiophene rings is 1. The van der Waals surface area contributed by atoms with Crippen LogP contribution in [-0.4, -0.2) is 16.7 Å². The van der Waals surface area contributed by atoms with Gasteiger partial charge in [0.1, 0.15) is 0 Å². The summed E-state index contributed by atoms with van der Waals surface area (Å²) in [5.74, 6) is -0.907. The minimum Gasteiger partial charge on any atom is -0.269 e. The molecular weight excluding hydrogens is 348 g/mol. The van der Waals surface area contributed by atoms with Crippen LogP contribution in [0.25, 0.3) is 10.4 Å². The van der Waals surface area contributed by atoms with E-state index in [1.165, 1.54) is 16.2 Å². The van der Waals surface area contributed by atoms with Crippen molar-refractivity contribution in [1.29, 1.82) is 0 Å². The Bertz CT molecular complexity index is 964. The summed E-state index contributed by atoms with van der Waals surface area (Å²) in [4.78, 5) is 30.9. The molecule has 26 heavy (non-hydrogen) atoms. The van der Waals surface area contributed by atoms with Crippen LogP contribution in [0.2, 0.25) is 0 Å². The number of carbonyl (C=O) groups excluding carboxylic acids is 2. The zero-order valence-electron chi connectivity index (χ0n) is 13.6. The molecule has 0 radical (unpaired) electrons. The molecule has 1 heterocycles. The lowest BCUT2D eigenvalue weighted by atomic mass is 10.1. The van der Waals surface area contributed by atoms with E-state index in [1.807, 2.05) is 17.5 Å². The van der Waals surface area contributed by atoms with E-state index in [2.05, 4.69) is 10.0 Å². The first-order valence-electron chi connectivity index (χ1n) is 7.78. The molecule has 0 aliphatic carbocycles. The molecule has 7 heteroatoms. The Kier molecular flexibility index (Phi) is 5.43. The lowest BCUT2D eigenvalue weighted by Crippen LogP contribution is -2.36. The minimum absolute atomic E-state index is 0.148. The average Bonchev–Trinajstić information content (AvgIpc) is 3.20. The van der Waals surface area contributed by atoms with Crippen molar-refractivity contribution >= 4 is 28.8 Å². The predicted molar refractivity (Wildman–Crippen MR) is 100 cm³/mol. The number of nitrogens with zero attached hydrogens (tertiary/aromatic N) is 4. The van der Waals surface area contributed by atoms with Crippen molar-refractivity contribution in [2.45, 2.75) is 6.54 Å². The second-order valence-electron chi connectivity index (χ2n) is 5.35. The Morgan fingerprint density at radius 2 is 1.69 bits per heavy atom. The molecular formula is C19H14N4O2S. The van der Waals surface area contributed by atoms with E-state index in [0.717, 1.165) is 4.88 Å². The standard InChI is InChI=1S/C19H14N4O2S/c20-22-21-17-11-5-4-10-16(17)19(25)23(13-15-9-6-12-26-15)18(24)14-7-2-1-3-8-14/h1-12H,13H2. The zero-order chi connectivity index (χ0) is 18.4. The van der Waals surface area contributed by atoms with Crippen LogP contribution in [0, 0.1) is 0 Å². The molecule has 3 aromatic rings. The number of imide groups is 1. The van der Waals surface area contributed by atoms with Gasteiger partial charge in [0.15, 0.2) is 0 Å². The maximum atomic E-state index is 13.1. The van der Waals surface area contributed by atoms with Crippen LogP contribution in [0.15, 0.2) is 77.2 Å². The molecule has 0 fully saturated rings. The van der Waals surface area contributed by atoms with Gasteiger partial charge in [0.25, 0.3) is 11.8 Å². The van der Waals surface area contributed by atoms with Crippen LogP contribution >= 0.6 is 11.3 Å². The Hall–Kier alpha value is -3.41. The highest BCUT2D eigenvalue weighted by Crippen LogP contribution is 2.23. The number of carbonyl (C=O) groups is 2. The lowest BCUT2D eigenvalue weighted by Gasteiger charge is -2.21. The predicted octanol–water partition coefficient (Wildman–Crippen LogP) is 5.17. The smallest absolute Gasteiger partial charge is 0.261 e. The first-order valence-corrected chi connectivity index (χ1v) is 8.66. The first kappa shape index (κ1) is 17.4. The highest BCUT2D eigenvalue weighted by molar-refractivity contribution is 7.09. The number of benzene rings is 2. The molecule has 6 nitrogen and oxygen atoms in total. The Morgan fingerprint density at radius 3 is 2.38 bits per heavy atom. The fraction of sp³-hybridized carbons (Fsp3) is 0.0526. The topological polar surface area (TPSA) is 86.1 Å². The van der Waals surface area contributed by atoms with Crippen LogP contribution < -0.4 is 0 Å². The first-order chi connectivity index (χ1) is 12.7. The van der Waals surface area contributed by atoms with E-state index in [4.69, 9.17) is 5.53 Å². The molecule has 2 aromatic carbocycles. The molecule has 0 unspecified atom stereocenters.